The van der Waals surface area contributed by atoms with Crippen LogP contribution in [0.4, 0.5) is 34.1 Å². The maximum atomic E-state index is 2.41. The lowest BCUT2D eigenvalue weighted by molar-refractivity contribution is 0.660. The Labute approximate surface area is 671 Å². The highest BCUT2D eigenvalue weighted by molar-refractivity contribution is 6.12. The summed E-state index contributed by atoms with van der Waals surface area (Å²) in [5.74, 6) is 0. The van der Waals surface area contributed by atoms with Gasteiger partial charge in [-0.05, 0) is 234 Å². The highest BCUT2D eigenvalue weighted by atomic mass is 15.1. The fourth-order valence-electron chi connectivity index (χ4n) is 17.4. The molecule has 0 N–H and O–H groups in total. The second-order valence-corrected chi connectivity index (χ2v) is 30.4. The zero-order chi connectivity index (χ0) is 76.8. The molecule has 21 rings (SSSR count). The van der Waals surface area contributed by atoms with E-state index in [2.05, 4.69) is 482 Å². The number of rotatable bonds is 15. The maximum Gasteiger partial charge on any atom is 0.0541 e. The van der Waals surface area contributed by atoms with Gasteiger partial charge in [0.15, 0.2) is 0 Å². The van der Waals surface area contributed by atoms with Gasteiger partial charge in [-0.3, -0.25) is 0 Å². The minimum atomic E-state index is -0.0897. The van der Waals surface area contributed by atoms with Gasteiger partial charge in [-0.2, -0.15) is 0 Å². The summed E-state index contributed by atoms with van der Waals surface area (Å²) in [7, 11) is 0. The quantitative estimate of drug-likeness (QED) is 0.102. The smallest absolute Gasteiger partial charge is 0.0541 e. The molecule has 115 heavy (non-hydrogen) atoms. The predicted octanol–water partition coefficient (Wildman–Crippen LogP) is 30.5. The Hall–Kier alpha value is -14.8. The van der Waals surface area contributed by atoms with Gasteiger partial charge in [0.05, 0.1) is 22.1 Å². The Kier molecular flexibility index (Phi) is 18.0. The van der Waals surface area contributed by atoms with Gasteiger partial charge in [0, 0.05) is 72.5 Å². The standard InChI is InChI=1S/C57H42N2.C54H38N2/c1-57(2)53-19-11-9-17-49(53)50-35-34-48(38-54(50)57)58(46-30-25-41(26-31-46)39-13-5-3-6-14-39)47-32-27-42(28-33-47)40-21-23-43(24-22-40)44-29-36-56-52(37-44)51-18-10-12-20-55(51)59(56)45-15-7-4-8-16-45;1-4-12-39(13-5-1)42-24-31-48(32-25-42)55(49-33-26-43(27-34-49)40-14-6-2-7-15-40)50-35-28-44(29-36-50)41-20-22-45(23-21-41)46-30-37-54-52(38-46)51-18-10-11-19-53(51)56(54)47-16-8-3-9-17-47/h3-38H,1-2H3;1-38H. The lowest BCUT2D eigenvalue weighted by atomic mass is 9.82. The summed E-state index contributed by atoms with van der Waals surface area (Å²) >= 11 is 0. The Morgan fingerprint density at radius 3 is 0.774 bits per heavy atom. The van der Waals surface area contributed by atoms with Crippen molar-refractivity contribution in [3.8, 4) is 100 Å². The third kappa shape index (κ3) is 13.1. The lowest BCUT2D eigenvalue weighted by Crippen LogP contribution is -2.16. The summed E-state index contributed by atoms with van der Waals surface area (Å²) in [5.41, 5.74) is 36.1. The van der Waals surface area contributed by atoms with Crippen molar-refractivity contribution in [2.75, 3.05) is 9.80 Å². The zero-order valence-corrected chi connectivity index (χ0v) is 64.0. The molecule has 2 aromatic heterocycles. The van der Waals surface area contributed by atoms with Crippen LogP contribution in [-0.4, -0.2) is 9.13 Å². The topological polar surface area (TPSA) is 16.3 Å². The highest BCUT2D eigenvalue weighted by Crippen LogP contribution is 2.51. The van der Waals surface area contributed by atoms with Crippen molar-refractivity contribution in [2.24, 2.45) is 0 Å². The first-order chi connectivity index (χ1) is 56.8. The van der Waals surface area contributed by atoms with E-state index in [1.54, 1.807) is 0 Å². The second kappa shape index (κ2) is 29.8. The summed E-state index contributed by atoms with van der Waals surface area (Å²) in [6.07, 6.45) is 0. The van der Waals surface area contributed by atoms with Crippen LogP contribution >= 0.6 is 0 Å². The molecule has 0 amide bonds. The lowest BCUT2D eigenvalue weighted by Gasteiger charge is -2.28. The molecule has 0 atom stereocenters. The summed E-state index contributed by atoms with van der Waals surface area (Å²) in [6.45, 7) is 4.70. The largest absolute Gasteiger partial charge is 0.311 e. The van der Waals surface area contributed by atoms with Crippen molar-refractivity contribution in [1.29, 1.82) is 0 Å². The number of fused-ring (bicyclic) bond motifs is 9. The molecule has 0 bridgehead atoms. The van der Waals surface area contributed by atoms with Crippen LogP contribution in [0.5, 0.6) is 0 Å². The first kappa shape index (κ1) is 69.4. The number of benzene rings is 18. The number of hydrogen-bond donors (Lipinski definition) is 0. The van der Waals surface area contributed by atoms with Gasteiger partial charge in [0.2, 0.25) is 0 Å². The molecular formula is C111H80N4. The van der Waals surface area contributed by atoms with Crippen molar-refractivity contribution in [1.82, 2.24) is 9.13 Å². The second-order valence-electron chi connectivity index (χ2n) is 30.4. The van der Waals surface area contributed by atoms with E-state index in [4.69, 9.17) is 0 Å². The van der Waals surface area contributed by atoms with Gasteiger partial charge < -0.3 is 18.9 Å². The normalized spacial score (nSPS) is 12.0. The van der Waals surface area contributed by atoms with Crippen molar-refractivity contribution in [3.05, 3.63) is 460 Å². The van der Waals surface area contributed by atoms with Crippen LogP contribution in [0.3, 0.4) is 0 Å². The molecule has 18 aromatic carbocycles. The predicted molar refractivity (Wildman–Crippen MR) is 487 cm³/mol. The molecule has 0 fully saturated rings. The van der Waals surface area contributed by atoms with Gasteiger partial charge in [0.1, 0.15) is 0 Å². The van der Waals surface area contributed by atoms with Crippen LogP contribution in [0, 0.1) is 0 Å². The van der Waals surface area contributed by atoms with Crippen molar-refractivity contribution >= 4 is 77.7 Å². The molecular weight excluding hydrogens is 1390 g/mol. The molecule has 20 aromatic rings. The molecule has 0 aliphatic heterocycles. The molecule has 1 aliphatic rings. The number of anilines is 6. The number of para-hydroxylation sites is 4. The van der Waals surface area contributed by atoms with E-state index < -0.39 is 0 Å². The fraction of sp³-hybridized carbons (Fsp3) is 0.0270. The molecule has 2 heterocycles. The summed E-state index contributed by atoms with van der Waals surface area (Å²) < 4.78 is 4.73. The maximum absolute atomic E-state index is 2.41. The molecule has 0 unspecified atom stereocenters. The average Bonchev–Trinajstić information content (AvgIpc) is 1.60. The summed E-state index contributed by atoms with van der Waals surface area (Å²) in [5, 5.41) is 5.05. The molecule has 0 saturated carbocycles. The Morgan fingerprint density at radius 2 is 0.417 bits per heavy atom. The Morgan fingerprint density at radius 1 is 0.174 bits per heavy atom. The van der Waals surface area contributed by atoms with Crippen LogP contribution in [-0.2, 0) is 5.41 Å². The van der Waals surface area contributed by atoms with Crippen LogP contribution in [0.2, 0.25) is 0 Å². The van der Waals surface area contributed by atoms with Gasteiger partial charge in [-0.25, -0.2) is 0 Å². The first-order valence-electron chi connectivity index (χ1n) is 39.7. The van der Waals surface area contributed by atoms with E-state index in [1.165, 1.54) is 155 Å². The zero-order valence-electron chi connectivity index (χ0n) is 64.0. The monoisotopic (exact) mass is 1470 g/mol. The van der Waals surface area contributed by atoms with E-state index in [0.29, 0.717) is 0 Å². The fourth-order valence-corrected chi connectivity index (χ4v) is 17.4. The third-order valence-corrected chi connectivity index (χ3v) is 23.3. The minimum absolute atomic E-state index is 0.0897. The molecule has 1 aliphatic carbocycles. The molecule has 4 heteroatoms. The average molecular weight is 1470 g/mol. The Balaban J connectivity index is 0.000000149. The first-order valence-corrected chi connectivity index (χ1v) is 39.7. The van der Waals surface area contributed by atoms with Crippen LogP contribution < -0.4 is 9.80 Å². The van der Waals surface area contributed by atoms with Crippen LogP contribution in [0.1, 0.15) is 25.0 Å². The Bertz CT molecular complexity index is 6790. The van der Waals surface area contributed by atoms with Gasteiger partial charge in [-0.1, -0.05) is 329 Å². The summed E-state index contributed by atoms with van der Waals surface area (Å²) in [4.78, 5) is 4.73. The van der Waals surface area contributed by atoms with E-state index in [1.807, 2.05) is 0 Å². The summed E-state index contributed by atoms with van der Waals surface area (Å²) in [6, 6.07) is 163. The number of nitrogens with zero attached hydrogens (tertiary/aromatic N) is 4. The SMILES string of the molecule is CC1(C)c2ccccc2-c2ccc(N(c3ccc(-c4ccccc4)cc3)c3ccc(-c4ccc(-c5ccc6c(c5)c5ccccc5n6-c5ccccc5)cc4)cc3)cc21.c1ccc(-c2ccc(N(c3ccc(-c4ccccc4)cc3)c3ccc(-c4ccc(-c5ccc6c(c5)c5ccccc5n6-c5ccccc5)cc4)cc3)cc2)cc1. The van der Waals surface area contributed by atoms with Gasteiger partial charge in [-0.15, -0.1) is 0 Å². The van der Waals surface area contributed by atoms with E-state index in [0.717, 1.165) is 34.1 Å². The van der Waals surface area contributed by atoms with Crippen LogP contribution in [0.15, 0.2) is 449 Å². The molecule has 544 valence electrons. The molecule has 0 spiro atoms. The molecule has 4 nitrogen and oxygen atoms in total. The highest BCUT2D eigenvalue weighted by Gasteiger charge is 2.36. The van der Waals surface area contributed by atoms with Crippen molar-refractivity contribution in [3.63, 3.8) is 0 Å². The number of hydrogen-bond acceptors (Lipinski definition) is 2. The van der Waals surface area contributed by atoms with E-state index in [9.17, 15) is 0 Å². The van der Waals surface area contributed by atoms with Gasteiger partial charge in [0.25, 0.3) is 0 Å². The van der Waals surface area contributed by atoms with Crippen LogP contribution in [0.25, 0.3) is 144 Å². The molecule has 0 saturated heterocycles. The van der Waals surface area contributed by atoms with E-state index >= 15 is 0 Å². The molecule has 0 radical (unpaired) electrons. The number of aromatic nitrogens is 2. The van der Waals surface area contributed by atoms with Gasteiger partial charge >= 0.3 is 0 Å². The minimum Gasteiger partial charge on any atom is -0.311 e. The van der Waals surface area contributed by atoms with E-state index in [-0.39, 0.29) is 5.41 Å². The third-order valence-electron chi connectivity index (χ3n) is 23.3. The van der Waals surface area contributed by atoms with Crippen molar-refractivity contribution in [2.45, 2.75) is 19.3 Å². The van der Waals surface area contributed by atoms with Crippen molar-refractivity contribution < 1.29 is 0 Å².